The van der Waals surface area contributed by atoms with Gasteiger partial charge in [-0.2, -0.15) is 0 Å². The predicted molar refractivity (Wildman–Crippen MR) is 156 cm³/mol. The zero-order valence-corrected chi connectivity index (χ0v) is 23.6. The normalized spacial score (nSPS) is 18.1. The van der Waals surface area contributed by atoms with Gasteiger partial charge < -0.3 is 9.88 Å². The molecule has 2 aromatic heterocycles. The van der Waals surface area contributed by atoms with Gasteiger partial charge in [-0.3, -0.25) is 9.69 Å². The highest BCUT2D eigenvalue weighted by atomic mass is 16.1. The van der Waals surface area contributed by atoms with Crippen LogP contribution in [-0.2, 0) is 0 Å². The van der Waals surface area contributed by atoms with E-state index in [1.807, 2.05) is 4.68 Å². The van der Waals surface area contributed by atoms with Gasteiger partial charge >= 0.3 is 0 Å². The summed E-state index contributed by atoms with van der Waals surface area (Å²) in [6, 6.07) is 12.8. The van der Waals surface area contributed by atoms with Crippen molar-refractivity contribution in [1.82, 2.24) is 30.1 Å². The van der Waals surface area contributed by atoms with E-state index in [9.17, 15) is 4.79 Å². The first kappa shape index (κ1) is 25.7. The Bertz CT molecular complexity index is 1540. The largest absolute Gasteiger partial charge is 0.369 e. The third kappa shape index (κ3) is 4.86. The summed E-state index contributed by atoms with van der Waals surface area (Å²) in [4.78, 5) is 21.8. The monoisotopic (exact) mass is 525 g/mol. The fourth-order valence-electron chi connectivity index (χ4n) is 6.66. The number of fused-ring (bicyclic) bond motifs is 1. The SMILES string of the molecule is Cc1cc(C)c2cc([C@H](c3nnnn3C3CCCCC3)N3CCN(c4cccc(C)c4C)CC3)c(=O)[nH]c2c1. The Kier molecular flexibility index (Phi) is 6.97. The molecule has 4 aromatic rings. The number of aryl methyl sites for hydroxylation is 3. The van der Waals surface area contributed by atoms with Gasteiger partial charge in [0.15, 0.2) is 5.82 Å². The third-order valence-corrected chi connectivity index (χ3v) is 8.92. The minimum absolute atomic E-state index is 0.0624. The first-order valence-corrected chi connectivity index (χ1v) is 14.4. The molecule has 8 nitrogen and oxygen atoms in total. The van der Waals surface area contributed by atoms with Crippen LogP contribution in [-0.4, -0.2) is 56.3 Å². The molecule has 0 amide bonds. The van der Waals surface area contributed by atoms with Crippen molar-refractivity contribution < 1.29 is 0 Å². The van der Waals surface area contributed by atoms with E-state index in [2.05, 4.69) is 94.4 Å². The lowest BCUT2D eigenvalue weighted by molar-refractivity contribution is 0.192. The number of rotatable bonds is 5. The summed E-state index contributed by atoms with van der Waals surface area (Å²) in [7, 11) is 0. The number of nitrogens with zero attached hydrogens (tertiary/aromatic N) is 6. The molecular formula is C31H39N7O. The number of aromatic nitrogens is 5. The van der Waals surface area contributed by atoms with Crippen molar-refractivity contribution >= 4 is 16.6 Å². The Balaban J connectivity index is 1.41. The zero-order chi connectivity index (χ0) is 27.1. The maximum atomic E-state index is 13.7. The summed E-state index contributed by atoms with van der Waals surface area (Å²) < 4.78 is 2.03. The van der Waals surface area contributed by atoms with E-state index >= 15 is 0 Å². The quantitative estimate of drug-likeness (QED) is 0.387. The van der Waals surface area contributed by atoms with Gasteiger partial charge in [-0.05, 0) is 91.4 Å². The summed E-state index contributed by atoms with van der Waals surface area (Å²) in [5, 5.41) is 14.3. The van der Waals surface area contributed by atoms with Gasteiger partial charge in [0, 0.05) is 48.3 Å². The molecule has 204 valence electrons. The molecule has 0 radical (unpaired) electrons. The second-order valence-electron chi connectivity index (χ2n) is 11.5. The lowest BCUT2D eigenvalue weighted by Gasteiger charge is -2.40. The molecule has 2 aromatic carbocycles. The Labute approximate surface area is 230 Å². The fourth-order valence-corrected chi connectivity index (χ4v) is 6.66. The Morgan fingerprint density at radius 3 is 2.46 bits per heavy atom. The van der Waals surface area contributed by atoms with Gasteiger partial charge in [-0.1, -0.05) is 37.5 Å². The standard InChI is InChI=1S/C31H39N7O/c1-20-17-22(3)25-19-26(31(39)32-27(25)18-20)29(30-33-34-35-38(30)24-10-6-5-7-11-24)37-15-13-36(14-16-37)28-12-8-9-21(2)23(28)4/h8-9,12,17-19,24,29H,5-7,10-11,13-16H2,1-4H3,(H,32,39)/t29-/m1/s1. The number of nitrogens with one attached hydrogen (secondary N) is 1. The van der Waals surface area contributed by atoms with Gasteiger partial charge in [0.25, 0.3) is 5.56 Å². The summed E-state index contributed by atoms with van der Waals surface area (Å²) in [6.07, 6.45) is 5.81. The van der Waals surface area contributed by atoms with E-state index in [1.165, 1.54) is 36.1 Å². The van der Waals surface area contributed by atoms with Crippen molar-refractivity contribution in [2.75, 3.05) is 31.1 Å². The van der Waals surface area contributed by atoms with Gasteiger partial charge in [-0.25, -0.2) is 4.68 Å². The number of pyridine rings is 1. The van der Waals surface area contributed by atoms with E-state index in [0.717, 1.165) is 72.4 Å². The fraction of sp³-hybridized carbons (Fsp3) is 0.484. The van der Waals surface area contributed by atoms with Crippen molar-refractivity contribution in [2.45, 2.75) is 71.9 Å². The van der Waals surface area contributed by atoms with Crippen molar-refractivity contribution in [3.05, 3.63) is 80.4 Å². The second-order valence-corrected chi connectivity index (χ2v) is 11.5. The van der Waals surface area contributed by atoms with Crippen LogP contribution in [0.1, 0.15) is 77.8 Å². The Morgan fingerprint density at radius 2 is 1.69 bits per heavy atom. The smallest absolute Gasteiger partial charge is 0.253 e. The van der Waals surface area contributed by atoms with Crippen LogP contribution in [0.2, 0.25) is 0 Å². The molecule has 6 rings (SSSR count). The first-order valence-electron chi connectivity index (χ1n) is 14.4. The van der Waals surface area contributed by atoms with Gasteiger partial charge in [-0.15, -0.1) is 5.10 Å². The Hall–Kier alpha value is -3.52. The van der Waals surface area contributed by atoms with Gasteiger partial charge in [0.1, 0.15) is 6.04 Å². The van der Waals surface area contributed by atoms with Crippen LogP contribution in [0.4, 0.5) is 5.69 Å². The maximum Gasteiger partial charge on any atom is 0.253 e. The average molecular weight is 526 g/mol. The molecule has 0 bridgehead atoms. The summed E-state index contributed by atoms with van der Waals surface area (Å²) in [5.74, 6) is 0.789. The lowest BCUT2D eigenvalue weighted by atomic mass is 9.94. The van der Waals surface area contributed by atoms with E-state index in [4.69, 9.17) is 0 Å². The molecule has 1 N–H and O–H groups in total. The molecule has 1 atom stereocenters. The number of hydrogen-bond donors (Lipinski definition) is 1. The molecule has 2 fully saturated rings. The molecular weight excluding hydrogens is 486 g/mol. The van der Waals surface area contributed by atoms with Crippen LogP contribution in [0.15, 0.2) is 41.2 Å². The maximum absolute atomic E-state index is 13.7. The lowest BCUT2D eigenvalue weighted by Crippen LogP contribution is -2.49. The molecule has 1 aliphatic carbocycles. The Morgan fingerprint density at radius 1 is 0.923 bits per heavy atom. The van der Waals surface area contributed by atoms with Crippen LogP contribution in [0.25, 0.3) is 10.9 Å². The number of H-pyrrole nitrogens is 1. The highest BCUT2D eigenvalue weighted by Gasteiger charge is 2.34. The van der Waals surface area contributed by atoms with Gasteiger partial charge in [0.05, 0.1) is 6.04 Å². The zero-order valence-electron chi connectivity index (χ0n) is 23.6. The molecule has 0 unspecified atom stereocenters. The summed E-state index contributed by atoms with van der Waals surface area (Å²) >= 11 is 0. The molecule has 1 saturated heterocycles. The number of anilines is 1. The number of piperazine rings is 1. The second kappa shape index (κ2) is 10.6. The number of tetrazole rings is 1. The highest BCUT2D eigenvalue weighted by Crippen LogP contribution is 2.34. The van der Waals surface area contributed by atoms with E-state index in [0.29, 0.717) is 0 Å². The molecule has 8 heteroatoms. The minimum Gasteiger partial charge on any atom is -0.369 e. The van der Waals surface area contributed by atoms with Crippen molar-refractivity contribution in [3.63, 3.8) is 0 Å². The highest BCUT2D eigenvalue weighted by molar-refractivity contribution is 5.83. The number of benzene rings is 2. The third-order valence-electron chi connectivity index (χ3n) is 8.92. The molecule has 3 heterocycles. The summed E-state index contributed by atoms with van der Waals surface area (Å²) in [5.41, 5.74) is 7.79. The minimum atomic E-state index is -0.309. The molecule has 1 saturated carbocycles. The van der Waals surface area contributed by atoms with E-state index in [1.54, 1.807) is 0 Å². The first-order chi connectivity index (χ1) is 18.9. The van der Waals surface area contributed by atoms with Crippen LogP contribution in [0, 0.1) is 27.7 Å². The number of hydrogen-bond acceptors (Lipinski definition) is 6. The van der Waals surface area contributed by atoms with Crippen LogP contribution >= 0.6 is 0 Å². The van der Waals surface area contributed by atoms with Crippen molar-refractivity contribution in [2.24, 2.45) is 0 Å². The van der Waals surface area contributed by atoms with Gasteiger partial charge in [0.2, 0.25) is 0 Å². The van der Waals surface area contributed by atoms with Crippen molar-refractivity contribution in [1.29, 1.82) is 0 Å². The van der Waals surface area contributed by atoms with Crippen LogP contribution < -0.4 is 10.5 Å². The average Bonchev–Trinajstić information content (AvgIpc) is 3.41. The molecule has 39 heavy (non-hydrogen) atoms. The van der Waals surface area contributed by atoms with E-state index in [-0.39, 0.29) is 17.6 Å². The predicted octanol–water partition coefficient (Wildman–Crippen LogP) is 5.17. The van der Waals surface area contributed by atoms with Crippen LogP contribution in [0.5, 0.6) is 0 Å². The molecule has 1 aliphatic heterocycles. The van der Waals surface area contributed by atoms with E-state index < -0.39 is 0 Å². The molecule has 0 spiro atoms. The van der Waals surface area contributed by atoms with Crippen molar-refractivity contribution in [3.8, 4) is 0 Å². The summed E-state index contributed by atoms with van der Waals surface area (Å²) in [6.45, 7) is 12.0. The topological polar surface area (TPSA) is 82.9 Å². The number of aromatic amines is 1. The molecule has 2 aliphatic rings. The van der Waals surface area contributed by atoms with Crippen LogP contribution in [0.3, 0.4) is 0 Å².